The minimum atomic E-state index is 0.109. The maximum Gasteiger partial charge on any atom is 0.170 e. The molecule has 98 valence electrons. The predicted octanol–water partition coefficient (Wildman–Crippen LogP) is 3.05. The van der Waals surface area contributed by atoms with Crippen LogP contribution < -0.4 is 11.1 Å². The van der Waals surface area contributed by atoms with E-state index in [0.717, 1.165) is 11.3 Å². The Morgan fingerprint density at radius 3 is 2.32 bits per heavy atom. The van der Waals surface area contributed by atoms with Crippen molar-refractivity contribution in [2.75, 3.05) is 5.32 Å². The van der Waals surface area contributed by atoms with Crippen LogP contribution in [-0.2, 0) is 6.54 Å². The first kappa shape index (κ1) is 13.2. The van der Waals surface area contributed by atoms with Crippen LogP contribution in [0.1, 0.15) is 11.1 Å². The molecule has 0 heterocycles. The fourth-order valence-corrected chi connectivity index (χ4v) is 1.75. The van der Waals surface area contributed by atoms with Crippen LogP contribution >= 0.6 is 11.6 Å². The van der Waals surface area contributed by atoms with E-state index in [-0.39, 0.29) is 5.84 Å². The third-order valence-corrected chi connectivity index (χ3v) is 2.95. The highest BCUT2D eigenvalue weighted by molar-refractivity contribution is 6.30. The molecule has 0 amide bonds. The summed E-state index contributed by atoms with van der Waals surface area (Å²) in [6.45, 7) is 0.693. The van der Waals surface area contributed by atoms with E-state index >= 15 is 0 Å². The highest BCUT2D eigenvalue weighted by atomic mass is 35.5. The van der Waals surface area contributed by atoms with E-state index in [0.29, 0.717) is 17.1 Å². The number of rotatable bonds is 4. The summed E-state index contributed by atoms with van der Waals surface area (Å²) < 4.78 is 0. The zero-order valence-corrected chi connectivity index (χ0v) is 10.9. The van der Waals surface area contributed by atoms with Gasteiger partial charge in [0.15, 0.2) is 5.84 Å². The Morgan fingerprint density at radius 2 is 1.74 bits per heavy atom. The summed E-state index contributed by atoms with van der Waals surface area (Å²) in [5, 5.41) is 15.5. The molecule has 0 aromatic heterocycles. The average Bonchev–Trinajstić information content (AvgIpc) is 2.46. The van der Waals surface area contributed by atoms with Crippen LogP contribution in [0.25, 0.3) is 0 Å². The van der Waals surface area contributed by atoms with Gasteiger partial charge < -0.3 is 16.3 Å². The van der Waals surface area contributed by atoms with E-state index < -0.39 is 0 Å². The molecule has 4 nitrogen and oxygen atoms in total. The molecule has 0 atom stereocenters. The number of amidine groups is 1. The lowest BCUT2D eigenvalue weighted by Crippen LogP contribution is -2.12. The van der Waals surface area contributed by atoms with Crippen LogP contribution in [0.5, 0.6) is 0 Å². The topological polar surface area (TPSA) is 70.6 Å². The van der Waals surface area contributed by atoms with Crippen molar-refractivity contribution in [3.8, 4) is 0 Å². The molecule has 2 aromatic rings. The molecule has 0 saturated carbocycles. The Morgan fingerprint density at radius 1 is 1.11 bits per heavy atom. The number of nitrogens with zero attached hydrogens (tertiary/aromatic N) is 1. The molecular formula is C14H14ClN3O. The van der Waals surface area contributed by atoms with Gasteiger partial charge in [0, 0.05) is 22.8 Å². The molecule has 0 radical (unpaired) electrons. The Kier molecular flexibility index (Phi) is 4.26. The number of hydrogen-bond acceptors (Lipinski definition) is 3. The van der Waals surface area contributed by atoms with E-state index in [2.05, 4.69) is 10.5 Å². The molecule has 2 aromatic carbocycles. The maximum atomic E-state index is 8.57. The first-order valence-electron chi connectivity index (χ1n) is 5.75. The lowest BCUT2D eigenvalue weighted by atomic mass is 10.1. The summed E-state index contributed by atoms with van der Waals surface area (Å²) in [7, 11) is 0. The SMILES string of the molecule is NC(=NO)c1ccc(CNc2ccc(Cl)cc2)cc1. The van der Waals surface area contributed by atoms with Gasteiger partial charge in [0.1, 0.15) is 0 Å². The molecule has 0 aliphatic carbocycles. The third kappa shape index (κ3) is 3.63. The smallest absolute Gasteiger partial charge is 0.170 e. The zero-order chi connectivity index (χ0) is 13.7. The fourth-order valence-electron chi connectivity index (χ4n) is 1.62. The van der Waals surface area contributed by atoms with Crippen molar-refractivity contribution in [3.05, 3.63) is 64.7 Å². The van der Waals surface area contributed by atoms with Gasteiger partial charge >= 0.3 is 0 Å². The van der Waals surface area contributed by atoms with Crippen molar-refractivity contribution in [2.45, 2.75) is 6.54 Å². The van der Waals surface area contributed by atoms with Crippen molar-refractivity contribution >= 4 is 23.1 Å². The van der Waals surface area contributed by atoms with Crippen LogP contribution in [-0.4, -0.2) is 11.0 Å². The summed E-state index contributed by atoms with van der Waals surface area (Å²) in [5.74, 6) is 0.109. The third-order valence-electron chi connectivity index (χ3n) is 2.70. The Bertz CT molecular complexity index is 564. The van der Waals surface area contributed by atoms with Gasteiger partial charge in [-0.1, -0.05) is 41.0 Å². The van der Waals surface area contributed by atoms with E-state index in [1.165, 1.54) is 0 Å². The van der Waals surface area contributed by atoms with Crippen LogP contribution in [0, 0.1) is 0 Å². The number of oxime groups is 1. The van der Waals surface area contributed by atoms with Crippen molar-refractivity contribution in [3.63, 3.8) is 0 Å². The highest BCUT2D eigenvalue weighted by Gasteiger charge is 1.99. The van der Waals surface area contributed by atoms with Crippen LogP contribution in [0.3, 0.4) is 0 Å². The predicted molar refractivity (Wildman–Crippen MR) is 77.7 cm³/mol. The van der Waals surface area contributed by atoms with Crippen LogP contribution in [0.2, 0.25) is 5.02 Å². The summed E-state index contributed by atoms with van der Waals surface area (Å²) in [6, 6.07) is 15.0. The molecule has 5 heteroatoms. The van der Waals surface area contributed by atoms with Gasteiger partial charge in [0.2, 0.25) is 0 Å². The molecule has 4 N–H and O–H groups in total. The summed E-state index contributed by atoms with van der Waals surface area (Å²) in [5.41, 5.74) is 8.29. The van der Waals surface area contributed by atoms with Crippen molar-refractivity contribution < 1.29 is 5.21 Å². The molecule has 0 unspecified atom stereocenters. The lowest BCUT2D eigenvalue weighted by molar-refractivity contribution is 0.318. The quantitative estimate of drug-likeness (QED) is 0.348. The molecule has 2 rings (SSSR count). The second-order valence-corrected chi connectivity index (χ2v) is 4.48. The summed E-state index contributed by atoms with van der Waals surface area (Å²) in [6.07, 6.45) is 0. The number of nitrogens with two attached hydrogens (primary N) is 1. The van der Waals surface area contributed by atoms with Crippen molar-refractivity contribution in [2.24, 2.45) is 10.9 Å². The van der Waals surface area contributed by atoms with Crippen molar-refractivity contribution in [1.82, 2.24) is 0 Å². The van der Waals surface area contributed by atoms with E-state index in [1.54, 1.807) is 0 Å². The molecule has 0 bridgehead atoms. The molecule has 19 heavy (non-hydrogen) atoms. The highest BCUT2D eigenvalue weighted by Crippen LogP contribution is 2.14. The normalized spacial score (nSPS) is 11.3. The van der Waals surface area contributed by atoms with E-state index in [9.17, 15) is 0 Å². The van der Waals surface area contributed by atoms with Gasteiger partial charge in [-0.15, -0.1) is 0 Å². The minimum Gasteiger partial charge on any atom is -0.409 e. The molecular weight excluding hydrogens is 262 g/mol. The molecule has 0 saturated heterocycles. The largest absolute Gasteiger partial charge is 0.409 e. The first-order valence-corrected chi connectivity index (χ1v) is 6.13. The number of halogens is 1. The Balaban J connectivity index is 1.98. The fraction of sp³-hybridized carbons (Fsp3) is 0.0714. The maximum absolute atomic E-state index is 8.57. The summed E-state index contributed by atoms with van der Waals surface area (Å²) >= 11 is 5.82. The van der Waals surface area contributed by atoms with Gasteiger partial charge in [-0.2, -0.15) is 0 Å². The number of benzene rings is 2. The number of hydrogen-bond donors (Lipinski definition) is 3. The first-order chi connectivity index (χ1) is 9.19. The van der Waals surface area contributed by atoms with Crippen LogP contribution in [0.15, 0.2) is 53.7 Å². The summed E-state index contributed by atoms with van der Waals surface area (Å²) in [4.78, 5) is 0. The minimum absolute atomic E-state index is 0.109. The van der Waals surface area contributed by atoms with Gasteiger partial charge in [-0.25, -0.2) is 0 Å². The molecule has 0 aliphatic heterocycles. The Labute approximate surface area is 116 Å². The van der Waals surface area contributed by atoms with Gasteiger partial charge in [-0.3, -0.25) is 0 Å². The van der Waals surface area contributed by atoms with E-state index in [4.69, 9.17) is 22.5 Å². The standard InChI is InChI=1S/C14H14ClN3O/c15-12-5-7-13(8-6-12)17-9-10-1-3-11(4-2-10)14(16)18-19/h1-8,17,19H,9H2,(H2,16,18). The van der Waals surface area contributed by atoms with Gasteiger partial charge in [0.25, 0.3) is 0 Å². The van der Waals surface area contributed by atoms with E-state index in [1.807, 2.05) is 48.5 Å². The second-order valence-electron chi connectivity index (χ2n) is 4.04. The Hall–Kier alpha value is -2.20. The monoisotopic (exact) mass is 275 g/mol. The number of nitrogens with one attached hydrogen (secondary N) is 1. The second kappa shape index (κ2) is 6.11. The lowest BCUT2D eigenvalue weighted by Gasteiger charge is -2.07. The van der Waals surface area contributed by atoms with Gasteiger partial charge in [-0.05, 0) is 29.8 Å². The molecule has 0 spiro atoms. The van der Waals surface area contributed by atoms with Crippen molar-refractivity contribution in [1.29, 1.82) is 0 Å². The zero-order valence-electron chi connectivity index (χ0n) is 10.2. The van der Waals surface area contributed by atoms with Crippen LogP contribution in [0.4, 0.5) is 5.69 Å². The number of anilines is 1. The molecule has 0 aliphatic rings. The van der Waals surface area contributed by atoms with Gasteiger partial charge in [0.05, 0.1) is 0 Å². The average molecular weight is 276 g/mol. The molecule has 0 fully saturated rings.